The summed E-state index contributed by atoms with van der Waals surface area (Å²) in [7, 11) is 3.70. The number of hydrogen-bond acceptors (Lipinski definition) is 8. The first-order valence-electron chi connectivity index (χ1n) is 13.4. The van der Waals surface area contributed by atoms with E-state index in [-0.39, 0.29) is 11.7 Å². The summed E-state index contributed by atoms with van der Waals surface area (Å²) in [5.74, 6) is 0.936. The fourth-order valence-corrected chi connectivity index (χ4v) is 5.19. The van der Waals surface area contributed by atoms with Crippen LogP contribution in [-0.4, -0.2) is 67.4 Å². The van der Waals surface area contributed by atoms with Crippen molar-refractivity contribution in [2.24, 2.45) is 0 Å². The van der Waals surface area contributed by atoms with Crippen molar-refractivity contribution < 1.29 is 9.53 Å². The molecule has 208 valence electrons. The van der Waals surface area contributed by atoms with Gasteiger partial charge in [-0.1, -0.05) is 18.7 Å². The highest BCUT2D eigenvalue weighted by Gasteiger charge is 2.22. The number of anilines is 2. The van der Waals surface area contributed by atoms with E-state index < -0.39 is 0 Å². The molecule has 1 fully saturated rings. The molecule has 6 rings (SSSR count). The maximum absolute atomic E-state index is 12.1. The fourth-order valence-electron chi connectivity index (χ4n) is 5.19. The molecule has 0 spiro atoms. The van der Waals surface area contributed by atoms with Gasteiger partial charge in [0, 0.05) is 11.8 Å². The second kappa shape index (κ2) is 10.9. The zero-order valence-electron chi connectivity index (χ0n) is 23.0. The number of carbonyl (C=O) groups is 1. The number of carbonyl (C=O) groups excluding carboxylic acids is 1. The Morgan fingerprint density at radius 3 is 2.73 bits per heavy atom. The smallest absolute Gasteiger partial charge is 0.247 e. The Morgan fingerprint density at radius 1 is 1.15 bits per heavy atom. The number of hydrogen-bond donors (Lipinski definition) is 2. The Balaban J connectivity index is 1.45. The number of ether oxygens (including phenoxy) is 1. The molecule has 0 radical (unpaired) electrons. The highest BCUT2D eigenvalue weighted by atomic mass is 16.5. The number of para-hydroxylation sites is 2. The number of aromatic nitrogens is 6. The number of nitrogens with one attached hydrogen (secondary N) is 1. The van der Waals surface area contributed by atoms with Crippen molar-refractivity contribution in [3.8, 4) is 34.2 Å². The molecule has 0 unspecified atom stereocenters. The van der Waals surface area contributed by atoms with Crippen LogP contribution in [-0.2, 0) is 4.79 Å². The third-order valence-electron chi connectivity index (χ3n) is 7.42. The normalized spacial score (nSPS) is 14.3. The SMILES string of the molecule is C=CC(=O)Nc1cc(-n2c(-c3nc(-c4cnn(C5CCN(C)CC5)c4)cnc3N)nc3ccccc32)ccc1OC. The number of amides is 1. The predicted molar refractivity (Wildman–Crippen MR) is 159 cm³/mol. The number of benzene rings is 2. The molecular weight excluding hydrogens is 518 g/mol. The van der Waals surface area contributed by atoms with Gasteiger partial charge in [0.15, 0.2) is 11.6 Å². The molecule has 1 saturated heterocycles. The molecule has 3 N–H and O–H groups in total. The van der Waals surface area contributed by atoms with Gasteiger partial charge in [-0.2, -0.15) is 5.10 Å². The number of nitrogen functional groups attached to an aromatic ring is 1. The topological polar surface area (TPSA) is 129 Å². The Labute approximate surface area is 237 Å². The molecule has 5 aromatic rings. The maximum atomic E-state index is 12.1. The largest absolute Gasteiger partial charge is 0.495 e. The van der Waals surface area contributed by atoms with Gasteiger partial charge < -0.3 is 20.7 Å². The van der Waals surface area contributed by atoms with Gasteiger partial charge in [-0.15, -0.1) is 0 Å². The minimum Gasteiger partial charge on any atom is -0.495 e. The molecule has 11 heteroatoms. The molecule has 4 heterocycles. The highest BCUT2D eigenvalue weighted by Crippen LogP contribution is 2.35. The van der Waals surface area contributed by atoms with E-state index in [9.17, 15) is 4.79 Å². The first-order chi connectivity index (χ1) is 19.9. The average Bonchev–Trinajstić information content (AvgIpc) is 3.63. The number of fused-ring (bicyclic) bond motifs is 1. The van der Waals surface area contributed by atoms with Gasteiger partial charge in [0.2, 0.25) is 5.91 Å². The summed E-state index contributed by atoms with van der Waals surface area (Å²) in [5.41, 5.74) is 11.2. The lowest BCUT2D eigenvalue weighted by molar-refractivity contribution is -0.111. The van der Waals surface area contributed by atoms with Crippen LogP contribution in [0.1, 0.15) is 18.9 Å². The van der Waals surface area contributed by atoms with Crippen LogP contribution in [0.4, 0.5) is 11.5 Å². The molecule has 11 nitrogen and oxygen atoms in total. The molecular formula is C30H31N9O2. The van der Waals surface area contributed by atoms with Gasteiger partial charge in [0.1, 0.15) is 11.4 Å². The van der Waals surface area contributed by atoms with Crippen molar-refractivity contribution >= 4 is 28.4 Å². The summed E-state index contributed by atoms with van der Waals surface area (Å²) in [4.78, 5) is 28.8. The minimum absolute atomic E-state index is 0.252. The van der Waals surface area contributed by atoms with Crippen molar-refractivity contribution in [1.29, 1.82) is 0 Å². The molecule has 41 heavy (non-hydrogen) atoms. The number of likely N-dealkylation sites (tertiary alicyclic amines) is 1. The Bertz CT molecular complexity index is 1750. The third kappa shape index (κ3) is 5.03. The molecule has 1 aliphatic heterocycles. The lowest BCUT2D eigenvalue weighted by atomic mass is 10.1. The van der Waals surface area contributed by atoms with Gasteiger partial charge in [-0.25, -0.2) is 15.0 Å². The average molecular weight is 550 g/mol. The number of methoxy groups -OCH3 is 1. The van der Waals surface area contributed by atoms with E-state index in [1.54, 1.807) is 19.4 Å². The number of imidazole rings is 1. The van der Waals surface area contributed by atoms with E-state index in [0.717, 1.165) is 48.2 Å². The summed E-state index contributed by atoms with van der Waals surface area (Å²) < 4.78 is 9.46. The number of nitrogens with zero attached hydrogens (tertiary/aromatic N) is 7. The maximum Gasteiger partial charge on any atom is 0.247 e. The van der Waals surface area contributed by atoms with E-state index >= 15 is 0 Å². The van der Waals surface area contributed by atoms with Gasteiger partial charge in [-0.05, 0) is 69.4 Å². The quantitative estimate of drug-likeness (QED) is 0.287. The first kappa shape index (κ1) is 26.2. The number of rotatable bonds is 7. The third-order valence-corrected chi connectivity index (χ3v) is 7.42. The van der Waals surface area contributed by atoms with E-state index in [1.165, 1.54) is 6.08 Å². The zero-order chi connectivity index (χ0) is 28.5. The molecule has 0 saturated carbocycles. The Hall–Kier alpha value is -5.03. The molecule has 2 aromatic carbocycles. The lowest BCUT2D eigenvalue weighted by Gasteiger charge is -2.28. The van der Waals surface area contributed by atoms with Crippen LogP contribution in [0.15, 0.2) is 73.7 Å². The second-order valence-corrected chi connectivity index (χ2v) is 10.1. The number of nitrogens with two attached hydrogens (primary N) is 1. The van der Waals surface area contributed by atoms with Crippen LogP contribution in [0.25, 0.3) is 39.5 Å². The van der Waals surface area contributed by atoms with Crippen molar-refractivity contribution in [2.75, 3.05) is 38.3 Å². The highest BCUT2D eigenvalue weighted by molar-refractivity contribution is 6.00. The first-order valence-corrected chi connectivity index (χ1v) is 13.4. The van der Waals surface area contributed by atoms with Crippen LogP contribution in [0, 0.1) is 0 Å². The van der Waals surface area contributed by atoms with Crippen LogP contribution >= 0.6 is 0 Å². The summed E-state index contributed by atoms with van der Waals surface area (Å²) in [6.45, 7) is 5.64. The van der Waals surface area contributed by atoms with Crippen molar-refractivity contribution in [2.45, 2.75) is 18.9 Å². The van der Waals surface area contributed by atoms with E-state index in [0.29, 0.717) is 34.7 Å². The summed E-state index contributed by atoms with van der Waals surface area (Å²) >= 11 is 0. The van der Waals surface area contributed by atoms with Gasteiger partial charge in [0.05, 0.1) is 53.6 Å². The minimum atomic E-state index is -0.347. The van der Waals surface area contributed by atoms with Crippen molar-refractivity contribution in [3.05, 3.63) is 73.7 Å². The fraction of sp³-hybridized carbons (Fsp3) is 0.233. The Morgan fingerprint density at radius 2 is 1.95 bits per heavy atom. The molecule has 3 aromatic heterocycles. The van der Waals surface area contributed by atoms with Crippen LogP contribution in [0.5, 0.6) is 5.75 Å². The van der Waals surface area contributed by atoms with Crippen LogP contribution in [0.3, 0.4) is 0 Å². The summed E-state index contributed by atoms with van der Waals surface area (Å²) in [5, 5.41) is 7.46. The second-order valence-electron chi connectivity index (χ2n) is 10.1. The lowest BCUT2D eigenvalue weighted by Crippen LogP contribution is -2.31. The number of piperidine rings is 1. The molecule has 0 bridgehead atoms. The van der Waals surface area contributed by atoms with E-state index in [1.807, 2.05) is 58.0 Å². The summed E-state index contributed by atoms with van der Waals surface area (Å²) in [6, 6.07) is 13.6. The summed E-state index contributed by atoms with van der Waals surface area (Å²) in [6.07, 6.45) is 8.83. The van der Waals surface area contributed by atoms with Gasteiger partial charge in [-0.3, -0.25) is 14.0 Å². The van der Waals surface area contributed by atoms with Crippen LogP contribution in [0.2, 0.25) is 0 Å². The van der Waals surface area contributed by atoms with Gasteiger partial charge >= 0.3 is 0 Å². The Kier molecular flexibility index (Phi) is 6.94. The van der Waals surface area contributed by atoms with Crippen molar-refractivity contribution in [3.63, 3.8) is 0 Å². The van der Waals surface area contributed by atoms with Crippen LogP contribution < -0.4 is 15.8 Å². The standard InChI is InChI=1S/C30H31N9O2/c1-4-27(40)34-23-15-21(9-10-26(23)41-3)39-25-8-6-5-7-22(25)36-30(39)28-29(31)32-17-24(35-28)19-16-33-38(18-19)20-11-13-37(2)14-12-20/h4-10,15-18,20H,1,11-14H2,2-3H3,(H2,31,32)(H,34,40). The monoisotopic (exact) mass is 549 g/mol. The van der Waals surface area contributed by atoms with Gasteiger partial charge in [0.25, 0.3) is 0 Å². The molecule has 0 atom stereocenters. The molecule has 0 aliphatic carbocycles. The zero-order valence-corrected chi connectivity index (χ0v) is 23.0. The van der Waals surface area contributed by atoms with Crippen molar-refractivity contribution in [1.82, 2.24) is 34.2 Å². The molecule has 1 aliphatic rings. The van der Waals surface area contributed by atoms with E-state index in [2.05, 4.69) is 33.9 Å². The van der Waals surface area contributed by atoms with E-state index in [4.69, 9.17) is 20.4 Å². The molecule has 1 amide bonds. The predicted octanol–water partition coefficient (Wildman–Crippen LogP) is 4.33.